The summed E-state index contributed by atoms with van der Waals surface area (Å²) < 4.78 is 0. The van der Waals surface area contributed by atoms with Crippen LogP contribution in [0.2, 0.25) is 0 Å². The van der Waals surface area contributed by atoms with E-state index in [4.69, 9.17) is 9.97 Å². The summed E-state index contributed by atoms with van der Waals surface area (Å²) in [5.74, 6) is 0.940. The zero-order chi connectivity index (χ0) is 42.8. The molecule has 4 heterocycles. The van der Waals surface area contributed by atoms with Gasteiger partial charge in [0.15, 0.2) is 0 Å². The van der Waals surface area contributed by atoms with Crippen LogP contribution < -0.4 is 12.4 Å². The van der Waals surface area contributed by atoms with E-state index in [0.29, 0.717) is 11.8 Å². The number of halogens is 2. The normalized spacial score (nSPS) is 10.5. The molecule has 308 valence electrons. The molecule has 4 nitrogen and oxygen atoms in total. The van der Waals surface area contributed by atoms with Crippen molar-refractivity contribution in [2.75, 3.05) is 0 Å². The Balaban J connectivity index is 0.000000495. The molecule has 0 N–H and O–H groups in total. The number of pyridine rings is 4. The van der Waals surface area contributed by atoms with Crippen molar-refractivity contribution in [3.05, 3.63) is 170 Å². The molecule has 0 amide bonds. The molecule has 0 saturated heterocycles. The van der Waals surface area contributed by atoms with Crippen LogP contribution in [0.25, 0.3) is 45.3 Å². The van der Waals surface area contributed by atoms with Gasteiger partial charge < -0.3 is 19.3 Å². The van der Waals surface area contributed by atoms with Crippen molar-refractivity contribution >= 4 is 9.58 Å². The molecule has 0 fully saturated rings. The predicted octanol–water partition coefficient (Wildman–Crippen LogP) is 11.8. The third-order valence-corrected chi connectivity index (χ3v) is 8.86. The molecule has 2 aromatic carbocycles. The third kappa shape index (κ3) is 15.9. The van der Waals surface area contributed by atoms with Gasteiger partial charge in [0.2, 0.25) is 0 Å². The first kappa shape index (κ1) is 51.8. The molecule has 0 radical (unpaired) electrons. The van der Waals surface area contributed by atoms with Crippen molar-refractivity contribution in [1.82, 2.24) is 19.9 Å². The Labute approximate surface area is 371 Å². The van der Waals surface area contributed by atoms with Gasteiger partial charge in [0, 0.05) is 18.0 Å². The standard InChI is InChI=1S/C23H26N2.C23H25N2.C3H4.C2H5.2ClH.Ir/c2*1-16(2)18-11-12-24-21(13-18)22-15-19(23(3,4)5)14-20(25-22)17-9-7-6-8-10-17;1-3-2;1-2;;;/h6-16H,1-5H3;6-9,11-16H,1-5H3;1-2H2;1H2,2H3;2*1H;/q;-1;;-1;;;+3/p-2. The fourth-order valence-corrected chi connectivity index (χ4v) is 5.53. The summed E-state index contributed by atoms with van der Waals surface area (Å²) in [6.45, 7) is 33.4. The molecule has 7 heteroatoms. The maximum absolute atomic E-state index is 4.93. The first-order chi connectivity index (χ1) is 27.1. The Hall–Kier alpha value is -4.21. The van der Waals surface area contributed by atoms with Crippen LogP contribution in [0, 0.1) is 13.0 Å². The van der Waals surface area contributed by atoms with E-state index >= 15 is 0 Å². The molecule has 58 heavy (non-hydrogen) atoms. The van der Waals surface area contributed by atoms with E-state index < -0.39 is 0 Å². The summed E-state index contributed by atoms with van der Waals surface area (Å²) in [7, 11) is 4.64. The van der Waals surface area contributed by atoms with Crippen LogP contribution in [0.15, 0.2) is 134 Å². The maximum atomic E-state index is 4.93. The van der Waals surface area contributed by atoms with Crippen LogP contribution >= 0.6 is 9.58 Å². The number of hydrogen-bond donors (Lipinski definition) is 0. The number of nitrogens with zero attached hydrogens (tertiary/aromatic N) is 4. The Morgan fingerprint density at radius 3 is 1.38 bits per heavy atom. The van der Waals surface area contributed by atoms with E-state index in [1.165, 1.54) is 40.1 Å². The Bertz CT molecular complexity index is 1980. The van der Waals surface area contributed by atoms with Gasteiger partial charge in [-0.2, -0.15) is 6.92 Å². The summed E-state index contributed by atoms with van der Waals surface area (Å²) in [6, 6.07) is 38.8. The quantitative estimate of drug-likeness (QED) is 0.123. The average Bonchev–Trinajstić information content (AvgIpc) is 3.22. The first-order valence-corrected chi connectivity index (χ1v) is 22.2. The van der Waals surface area contributed by atoms with Gasteiger partial charge >= 0.3 is 27.5 Å². The van der Waals surface area contributed by atoms with Crippen LogP contribution in [0.1, 0.15) is 110 Å². The van der Waals surface area contributed by atoms with Gasteiger partial charge in [0.1, 0.15) is 0 Å². The zero-order valence-electron chi connectivity index (χ0n) is 36.1. The van der Waals surface area contributed by atoms with Crippen molar-refractivity contribution in [3.63, 3.8) is 0 Å². The van der Waals surface area contributed by atoms with Crippen molar-refractivity contribution in [1.29, 1.82) is 0 Å². The second-order valence-electron chi connectivity index (χ2n) is 15.9. The number of aromatic nitrogens is 4. The molecule has 0 unspecified atom stereocenters. The van der Waals surface area contributed by atoms with Gasteiger partial charge in [-0.15, -0.1) is 41.6 Å². The molecule has 0 aliphatic heterocycles. The van der Waals surface area contributed by atoms with Gasteiger partial charge in [-0.1, -0.05) is 119 Å². The third-order valence-electron chi connectivity index (χ3n) is 8.86. The number of rotatable bonds is 6. The van der Waals surface area contributed by atoms with Gasteiger partial charge in [0.25, 0.3) is 0 Å². The Morgan fingerprint density at radius 1 is 0.586 bits per heavy atom. The molecule has 6 rings (SSSR count). The molecule has 4 aromatic heterocycles. The van der Waals surface area contributed by atoms with Crippen LogP contribution in [-0.2, 0) is 28.7 Å². The summed E-state index contributed by atoms with van der Waals surface area (Å²) in [5, 5.41) is 0. The Kier molecular flexibility index (Phi) is 22.6. The van der Waals surface area contributed by atoms with Gasteiger partial charge in [-0.3, -0.25) is 15.0 Å². The number of hydrogen-bond acceptors (Lipinski definition) is 4. The van der Waals surface area contributed by atoms with E-state index in [1.54, 1.807) is 6.92 Å². The van der Waals surface area contributed by atoms with Crippen molar-refractivity contribution in [2.24, 2.45) is 0 Å². The molecular formula is C51H60Cl2IrN4-. The Morgan fingerprint density at radius 2 is 0.983 bits per heavy atom. The van der Waals surface area contributed by atoms with E-state index in [0.717, 1.165) is 45.3 Å². The molecule has 0 aliphatic rings. The van der Waals surface area contributed by atoms with Crippen molar-refractivity contribution < 1.29 is 30.3 Å². The fourth-order valence-electron chi connectivity index (χ4n) is 5.53. The van der Waals surface area contributed by atoms with Crippen LogP contribution in [-0.4, -0.2) is 19.9 Å². The molecule has 0 aliphatic carbocycles. The molecule has 6 aromatic rings. The molecule has 0 atom stereocenters. The van der Waals surface area contributed by atoms with E-state index in [9.17, 15) is 0 Å². The molecule has 0 saturated carbocycles. The van der Waals surface area contributed by atoms with Crippen molar-refractivity contribution in [3.8, 4) is 45.3 Å². The topological polar surface area (TPSA) is 51.6 Å². The van der Waals surface area contributed by atoms with E-state index in [1.807, 2.05) is 36.7 Å². The fraction of sp³-hybridized carbons (Fsp3) is 0.294. The first-order valence-electron chi connectivity index (χ1n) is 19.2. The second-order valence-corrected chi connectivity index (χ2v) is 15.9. The van der Waals surface area contributed by atoms with Crippen LogP contribution in [0.3, 0.4) is 0 Å². The molecular weight excluding hydrogens is 932 g/mol. The van der Waals surface area contributed by atoms with E-state index in [-0.39, 0.29) is 23.2 Å². The second kappa shape index (κ2) is 25.3. The van der Waals surface area contributed by atoms with Gasteiger partial charge in [-0.25, -0.2) is 4.98 Å². The minimum absolute atomic E-state index is 0. The van der Waals surface area contributed by atoms with Crippen LogP contribution in [0.5, 0.6) is 0 Å². The average molecular weight is 992 g/mol. The molecule has 0 bridgehead atoms. The predicted molar refractivity (Wildman–Crippen MR) is 242 cm³/mol. The monoisotopic (exact) mass is 991 g/mol. The minimum atomic E-state index is 0. The zero-order valence-corrected chi connectivity index (χ0v) is 40.0. The number of benzene rings is 2. The van der Waals surface area contributed by atoms with Crippen molar-refractivity contribution in [2.45, 2.75) is 98.8 Å². The summed E-state index contributed by atoms with van der Waals surface area (Å²) in [6.07, 6.45) is 3.77. The summed E-state index contributed by atoms with van der Waals surface area (Å²) in [4.78, 5) is 19.0. The summed E-state index contributed by atoms with van der Waals surface area (Å²) in [5.41, 5.74) is 15.2. The molecule has 0 spiro atoms. The van der Waals surface area contributed by atoms with Gasteiger partial charge in [0.05, 0.1) is 28.5 Å². The van der Waals surface area contributed by atoms with Gasteiger partial charge in [-0.05, 0) is 93.1 Å². The van der Waals surface area contributed by atoms with E-state index in [2.05, 4.69) is 200 Å². The SMILES string of the molecule is C=C=C.CC(C)c1ccnc(-c2cc(C(C)(C)C)cc(-c3[c-]cccc3)n2)c1.CC(C)c1ccnc(-c2cc(C(C)(C)C)cc(-c3ccccc3)n2)c1.[CH2-]C.[Cl-].[Cl][Ir+2]. The summed E-state index contributed by atoms with van der Waals surface area (Å²) >= 11 is 1.47. The van der Waals surface area contributed by atoms with Crippen LogP contribution in [0.4, 0.5) is 0 Å².